The lowest BCUT2D eigenvalue weighted by atomic mass is 9.82. The minimum absolute atomic E-state index is 0.268. The lowest BCUT2D eigenvalue weighted by molar-refractivity contribution is -0.141. The van der Waals surface area contributed by atoms with E-state index in [1.807, 2.05) is 0 Å². The molecule has 0 aliphatic carbocycles. The van der Waals surface area contributed by atoms with E-state index in [1.54, 1.807) is 51.1 Å². The number of hydrogen-bond acceptors (Lipinski definition) is 3. The van der Waals surface area contributed by atoms with E-state index < -0.39 is 62.1 Å². The van der Waals surface area contributed by atoms with Crippen LogP contribution in [0.5, 0.6) is 0 Å². The minimum atomic E-state index is -4.97. The molecule has 1 N–H and O–H groups in total. The van der Waals surface area contributed by atoms with Crippen LogP contribution in [0.3, 0.4) is 0 Å². The number of rotatable bonds is 6. The van der Waals surface area contributed by atoms with E-state index in [9.17, 15) is 34.9 Å². The Morgan fingerprint density at radius 1 is 0.861 bits per heavy atom. The van der Waals surface area contributed by atoms with E-state index in [4.69, 9.17) is 0 Å². The first kappa shape index (κ1) is 27.7. The normalized spacial score (nSPS) is 15.4. The zero-order valence-electron chi connectivity index (χ0n) is 19.3. The molecule has 0 aliphatic rings. The quantitative estimate of drug-likeness (QED) is 0.385. The fourth-order valence-electron chi connectivity index (χ4n) is 3.39. The topological polar surface area (TPSA) is 54.9 Å². The minimum Gasteiger partial charge on any atom is -0.242 e. The fraction of sp³-hybridized carbons (Fsp3) is 0.333. The van der Waals surface area contributed by atoms with E-state index in [0.29, 0.717) is 17.7 Å². The standard InChI is InChI=1S/C24H22F7N3OS/c1-21(2,3)36(35)34-22(14-15-7-5-4-6-8-15,20-32-10-9-19(33-20)24(29,30)31)16-11-17(23(26,27)28)13-18(25)12-16/h4-13,34H,14H2,1-3H3/t22-,36?/m0/s1. The van der Waals surface area contributed by atoms with Crippen LogP contribution in [0.25, 0.3) is 0 Å². The van der Waals surface area contributed by atoms with Gasteiger partial charge in [-0.1, -0.05) is 30.3 Å². The number of hydrogen-bond donors (Lipinski definition) is 1. The Morgan fingerprint density at radius 3 is 2.03 bits per heavy atom. The highest BCUT2D eigenvalue weighted by Gasteiger charge is 2.44. The smallest absolute Gasteiger partial charge is 0.242 e. The zero-order valence-corrected chi connectivity index (χ0v) is 20.2. The van der Waals surface area contributed by atoms with E-state index in [1.165, 1.54) is 0 Å². The lowest BCUT2D eigenvalue weighted by Gasteiger charge is -2.36. The van der Waals surface area contributed by atoms with Gasteiger partial charge in [-0.15, -0.1) is 0 Å². The maximum Gasteiger partial charge on any atom is 0.433 e. The summed E-state index contributed by atoms with van der Waals surface area (Å²) in [6, 6.07) is 10.3. The van der Waals surface area contributed by atoms with E-state index in [-0.39, 0.29) is 12.5 Å². The second-order valence-electron chi connectivity index (χ2n) is 9.04. The van der Waals surface area contributed by atoms with E-state index >= 15 is 0 Å². The number of nitrogens with zero attached hydrogens (tertiary/aromatic N) is 2. The third-order valence-corrected chi connectivity index (χ3v) is 6.83. The van der Waals surface area contributed by atoms with Crippen molar-refractivity contribution in [2.45, 2.75) is 49.8 Å². The Bertz CT molecular complexity index is 1240. The van der Waals surface area contributed by atoms with Crippen LogP contribution in [0.1, 0.15) is 49.0 Å². The van der Waals surface area contributed by atoms with Gasteiger partial charge in [0.25, 0.3) is 0 Å². The zero-order chi connectivity index (χ0) is 26.9. The van der Waals surface area contributed by atoms with Crippen LogP contribution in [0, 0.1) is 5.82 Å². The highest BCUT2D eigenvalue weighted by atomic mass is 32.2. The van der Waals surface area contributed by atoms with Crippen molar-refractivity contribution in [2.24, 2.45) is 0 Å². The van der Waals surface area contributed by atoms with E-state index in [2.05, 4.69) is 14.7 Å². The van der Waals surface area contributed by atoms with Crippen molar-refractivity contribution in [1.29, 1.82) is 0 Å². The van der Waals surface area contributed by atoms with Crippen LogP contribution in [-0.4, -0.2) is 18.9 Å². The van der Waals surface area contributed by atoms with Gasteiger partial charge >= 0.3 is 12.4 Å². The first-order chi connectivity index (χ1) is 16.5. The molecule has 0 radical (unpaired) electrons. The maximum atomic E-state index is 14.6. The van der Waals surface area contributed by atoms with Gasteiger partial charge in [-0.25, -0.2) is 23.3 Å². The summed E-state index contributed by atoms with van der Waals surface area (Å²) in [5.41, 5.74) is -4.86. The molecule has 2 atom stereocenters. The molecule has 1 heterocycles. The van der Waals surface area contributed by atoms with Gasteiger partial charge in [-0.3, -0.25) is 0 Å². The summed E-state index contributed by atoms with van der Waals surface area (Å²) >= 11 is 0. The summed E-state index contributed by atoms with van der Waals surface area (Å²) in [4.78, 5) is 7.55. The SMILES string of the molecule is CC(C)(C)S(=O)N[C@@](Cc1ccccc1)(c1cc(F)cc(C(F)(F)F)c1)c1nccc(C(F)(F)F)n1. The summed E-state index contributed by atoms with van der Waals surface area (Å²) in [5.74, 6) is -1.90. The average molecular weight is 534 g/mol. The maximum absolute atomic E-state index is 14.6. The molecular formula is C24H22F7N3OS. The molecule has 2 aromatic carbocycles. The number of nitrogens with one attached hydrogen (secondary N) is 1. The molecule has 4 nitrogen and oxygen atoms in total. The molecular weight excluding hydrogens is 511 g/mol. The molecule has 3 aromatic rings. The first-order valence-corrected chi connectivity index (χ1v) is 11.7. The van der Waals surface area contributed by atoms with Crippen molar-refractivity contribution in [3.8, 4) is 0 Å². The molecule has 36 heavy (non-hydrogen) atoms. The predicted molar refractivity (Wildman–Crippen MR) is 120 cm³/mol. The molecule has 1 unspecified atom stereocenters. The fourth-order valence-corrected chi connectivity index (χ4v) is 4.29. The van der Waals surface area contributed by atoms with Gasteiger partial charge in [0.2, 0.25) is 0 Å². The number of alkyl halides is 6. The van der Waals surface area contributed by atoms with E-state index in [0.717, 1.165) is 12.3 Å². The summed E-state index contributed by atoms with van der Waals surface area (Å²) < 4.78 is 111. The van der Waals surface area contributed by atoms with Crippen molar-refractivity contribution in [3.63, 3.8) is 0 Å². The van der Waals surface area contributed by atoms with Gasteiger partial charge in [0.1, 0.15) is 17.1 Å². The van der Waals surface area contributed by atoms with Gasteiger partial charge in [-0.05, 0) is 56.2 Å². The Labute approximate surface area is 205 Å². The summed E-state index contributed by atoms with van der Waals surface area (Å²) in [6.07, 6.45) is -9.40. The van der Waals surface area contributed by atoms with Crippen LogP contribution in [0.15, 0.2) is 60.8 Å². The van der Waals surface area contributed by atoms with Crippen molar-refractivity contribution in [3.05, 3.63) is 94.8 Å². The molecule has 0 fully saturated rings. The van der Waals surface area contributed by atoms with Crippen LogP contribution >= 0.6 is 0 Å². The summed E-state index contributed by atoms with van der Waals surface area (Å²) in [7, 11) is -2.06. The van der Waals surface area contributed by atoms with Gasteiger partial charge in [0.15, 0.2) is 5.82 Å². The van der Waals surface area contributed by atoms with Crippen molar-refractivity contribution < 1.29 is 34.9 Å². The van der Waals surface area contributed by atoms with Gasteiger partial charge in [0, 0.05) is 12.6 Å². The second kappa shape index (κ2) is 9.89. The Morgan fingerprint density at radius 2 is 1.47 bits per heavy atom. The molecule has 3 rings (SSSR count). The molecule has 12 heteroatoms. The Balaban J connectivity index is 2.41. The third kappa shape index (κ3) is 6.28. The monoisotopic (exact) mass is 533 g/mol. The molecule has 0 spiro atoms. The molecule has 0 amide bonds. The molecule has 0 bridgehead atoms. The lowest BCUT2D eigenvalue weighted by Crippen LogP contribution is -2.51. The Hall–Kier alpha value is -2.86. The van der Waals surface area contributed by atoms with Crippen molar-refractivity contribution >= 4 is 11.0 Å². The second-order valence-corrected chi connectivity index (χ2v) is 11.0. The molecule has 0 aliphatic heterocycles. The molecule has 0 saturated carbocycles. The average Bonchev–Trinajstić information content (AvgIpc) is 2.77. The highest BCUT2D eigenvalue weighted by molar-refractivity contribution is 7.84. The number of aromatic nitrogens is 2. The molecule has 0 saturated heterocycles. The molecule has 194 valence electrons. The third-order valence-electron chi connectivity index (χ3n) is 5.18. The number of halogens is 7. The van der Waals surface area contributed by atoms with Crippen LogP contribution in [0.2, 0.25) is 0 Å². The van der Waals surface area contributed by atoms with Crippen LogP contribution in [-0.2, 0) is 35.3 Å². The largest absolute Gasteiger partial charge is 0.433 e. The first-order valence-electron chi connectivity index (χ1n) is 10.5. The predicted octanol–water partition coefficient (Wildman–Crippen LogP) is 6.19. The molecule has 1 aromatic heterocycles. The van der Waals surface area contributed by atoms with Crippen LogP contribution < -0.4 is 4.72 Å². The summed E-state index contributed by atoms with van der Waals surface area (Å²) in [6.45, 7) is 4.68. The van der Waals surface area contributed by atoms with Gasteiger partial charge in [-0.2, -0.15) is 26.3 Å². The van der Waals surface area contributed by atoms with Gasteiger partial charge < -0.3 is 0 Å². The highest BCUT2D eigenvalue weighted by Crippen LogP contribution is 2.39. The van der Waals surface area contributed by atoms with Gasteiger partial charge in [0.05, 0.1) is 21.3 Å². The van der Waals surface area contributed by atoms with Crippen molar-refractivity contribution in [2.75, 3.05) is 0 Å². The Kier molecular flexibility index (Phi) is 7.62. The van der Waals surface area contributed by atoms with Crippen LogP contribution in [0.4, 0.5) is 30.7 Å². The number of benzene rings is 2. The summed E-state index contributed by atoms with van der Waals surface area (Å²) in [5, 5.41) is 0. The van der Waals surface area contributed by atoms with Crippen molar-refractivity contribution in [1.82, 2.24) is 14.7 Å².